The maximum Gasteiger partial charge on any atom is 0.778 e. The first kappa shape index (κ1) is 5.24. The topological polar surface area (TPSA) is 43.4 Å². The molecule has 0 N–H and O–H groups in total. The third kappa shape index (κ3) is 0.839. The van der Waals surface area contributed by atoms with E-state index in [1.807, 2.05) is 0 Å². The Hall–Kier alpha value is -0.903. The van der Waals surface area contributed by atoms with E-state index in [-0.39, 0.29) is 0 Å². The van der Waals surface area contributed by atoms with Gasteiger partial charge in [-0.1, -0.05) is 6.58 Å². The number of rotatable bonds is 1. The molecule has 1 rings (SSSR count). The molecule has 42 valence electrons. The van der Waals surface area contributed by atoms with Crippen molar-refractivity contribution >= 4 is 14.9 Å². The Labute approximate surface area is 47.1 Å². The average Bonchev–Trinajstić information content (AvgIpc) is 2.14. The highest BCUT2D eigenvalue weighted by Crippen LogP contribution is 1.96. The first-order valence-electron chi connectivity index (χ1n) is 2.04. The number of hydrogen-bond acceptors (Lipinski definition) is 3. The van der Waals surface area contributed by atoms with Crippen LogP contribution in [-0.4, -0.2) is 8.80 Å². The van der Waals surface area contributed by atoms with Crippen LogP contribution in [0.25, 0.3) is 6.08 Å². The first-order valence-corrected chi connectivity index (χ1v) is 3.26. The lowest BCUT2D eigenvalue weighted by molar-refractivity contribution is 0.463. The molecule has 0 spiro atoms. The van der Waals surface area contributed by atoms with E-state index >= 15 is 0 Å². The maximum absolute atomic E-state index is 10.3. The molecule has 1 aromatic rings. The van der Waals surface area contributed by atoms with Crippen LogP contribution in [0.5, 0.6) is 0 Å². The van der Waals surface area contributed by atoms with E-state index < -0.39 is 8.80 Å². The van der Waals surface area contributed by atoms with Gasteiger partial charge in [0.15, 0.2) is 0 Å². The summed E-state index contributed by atoms with van der Waals surface area (Å²) in [6.45, 7) is 3.38. The van der Waals surface area contributed by atoms with Crippen molar-refractivity contribution in [1.29, 1.82) is 0 Å². The molecule has 0 aliphatic carbocycles. The van der Waals surface area contributed by atoms with E-state index in [9.17, 15) is 4.46 Å². The summed E-state index contributed by atoms with van der Waals surface area (Å²) in [5.41, 5.74) is 0. The van der Waals surface area contributed by atoms with Crippen LogP contribution in [-0.2, 0) is 4.46 Å². The Bertz CT molecular complexity index is 233. The molecule has 0 saturated heterocycles. The summed E-state index contributed by atoms with van der Waals surface area (Å²) in [7, 11) is -2.23. The fraction of sp³-hybridized carbons (Fsp3) is 0. The van der Waals surface area contributed by atoms with Crippen molar-refractivity contribution in [3.63, 3.8) is 0 Å². The van der Waals surface area contributed by atoms with Crippen LogP contribution in [0.15, 0.2) is 21.0 Å². The minimum atomic E-state index is -2.23. The van der Waals surface area contributed by atoms with Gasteiger partial charge in [-0.3, -0.25) is 4.46 Å². The van der Waals surface area contributed by atoms with Crippen LogP contribution in [0, 0.1) is 0 Å². The van der Waals surface area contributed by atoms with Crippen LogP contribution in [0.3, 0.4) is 0 Å². The van der Waals surface area contributed by atoms with Gasteiger partial charge in [0.2, 0.25) is 0 Å². The maximum atomic E-state index is 10.3. The molecule has 0 unspecified atom stereocenters. The van der Waals surface area contributed by atoms with E-state index in [1.54, 1.807) is 0 Å². The van der Waals surface area contributed by atoms with Gasteiger partial charge in [0.05, 0.1) is 0 Å². The summed E-state index contributed by atoms with van der Waals surface area (Å²) in [4.78, 5) is 0. The van der Waals surface area contributed by atoms with Crippen LogP contribution >= 0.6 is 0 Å². The Kier molecular flexibility index (Phi) is 1.25. The molecule has 0 fully saturated rings. The second-order valence-corrected chi connectivity index (χ2v) is 2.13. The van der Waals surface area contributed by atoms with E-state index in [0.29, 0.717) is 5.76 Å². The van der Waals surface area contributed by atoms with Gasteiger partial charge in [-0.15, -0.1) is 0 Å². The van der Waals surface area contributed by atoms with Gasteiger partial charge < -0.3 is 8.19 Å². The van der Waals surface area contributed by atoms with Crippen LogP contribution in [0.2, 0.25) is 0 Å². The monoisotopic (exact) mass is 128 g/mol. The summed E-state index contributed by atoms with van der Waals surface area (Å²) in [6.07, 6.45) is 2.73. The molecule has 3 nitrogen and oxygen atoms in total. The molecule has 1 heterocycles. The Morgan fingerprint density at radius 1 is 1.88 bits per heavy atom. The van der Waals surface area contributed by atoms with E-state index in [2.05, 4.69) is 14.8 Å². The largest absolute Gasteiger partial charge is 0.778 e. The highest BCUT2D eigenvalue weighted by atomic mass is 28.2. The first-order chi connectivity index (χ1) is 3.83. The lowest BCUT2D eigenvalue weighted by atomic mass is 10.5. The van der Waals surface area contributed by atoms with E-state index in [4.69, 9.17) is 0 Å². The van der Waals surface area contributed by atoms with Crippen molar-refractivity contribution in [2.24, 2.45) is 0 Å². The summed E-state index contributed by atoms with van der Waals surface area (Å²) in [6, 6.07) is 0. The minimum absolute atomic E-state index is 0.439. The van der Waals surface area contributed by atoms with Gasteiger partial charge in [-0.05, 0) is 6.08 Å². The van der Waals surface area contributed by atoms with Crippen LogP contribution in [0.1, 0.15) is 5.76 Å². The van der Waals surface area contributed by atoms with Crippen molar-refractivity contribution in [1.82, 2.24) is 0 Å². The fourth-order valence-electron chi connectivity index (χ4n) is 0.340. The van der Waals surface area contributed by atoms with Crippen molar-refractivity contribution < 1.29 is 12.7 Å². The molecule has 8 heavy (non-hydrogen) atoms. The zero-order valence-electron chi connectivity index (χ0n) is 4.09. The zero-order chi connectivity index (χ0) is 5.98. The van der Waals surface area contributed by atoms with Gasteiger partial charge in [0.25, 0.3) is 0 Å². The number of hydrogen-bond donors (Lipinski definition) is 0. The Morgan fingerprint density at radius 3 is 2.88 bits per heavy atom. The Balaban J connectivity index is 3.18. The standard InChI is InChI=1S/C4H4O3Si/c1-2-4-3-6-8(5)7-4/h2-3H,1H2. The molecule has 0 aromatic carbocycles. The molecule has 0 aliphatic heterocycles. The van der Waals surface area contributed by atoms with Gasteiger partial charge in [-0.2, -0.15) is 0 Å². The quantitative estimate of drug-likeness (QED) is 0.530. The molecule has 0 saturated carbocycles. The lowest BCUT2D eigenvalue weighted by Gasteiger charge is -1.69. The van der Waals surface area contributed by atoms with E-state index in [1.165, 1.54) is 12.3 Å². The smallest absolute Gasteiger partial charge is 0.462 e. The molecule has 4 heteroatoms. The van der Waals surface area contributed by atoms with Crippen LogP contribution < -0.4 is 0 Å². The summed E-state index contributed by atoms with van der Waals surface area (Å²) in [5.74, 6) is 0.439. The second kappa shape index (κ2) is 1.91. The lowest BCUT2D eigenvalue weighted by Crippen LogP contribution is -1.63. The molecule has 0 atom stereocenters. The molecular formula is C4H4O3Si. The summed E-state index contributed by atoms with van der Waals surface area (Å²) < 4.78 is 19.3. The van der Waals surface area contributed by atoms with Gasteiger partial charge >= 0.3 is 8.80 Å². The molecule has 0 aliphatic rings. The zero-order valence-corrected chi connectivity index (χ0v) is 5.09. The van der Waals surface area contributed by atoms with Gasteiger partial charge in [-0.25, -0.2) is 0 Å². The highest BCUT2D eigenvalue weighted by molar-refractivity contribution is 6.14. The molecule has 0 amide bonds. The molecule has 0 bridgehead atoms. The second-order valence-electron chi connectivity index (χ2n) is 1.19. The van der Waals surface area contributed by atoms with Crippen LogP contribution in [0.4, 0.5) is 0 Å². The SMILES string of the molecule is C=Cc1co[si](=O)o1. The summed E-state index contributed by atoms with van der Waals surface area (Å²) in [5, 5.41) is 0. The minimum Gasteiger partial charge on any atom is -0.462 e. The predicted molar refractivity (Wildman–Crippen MR) is 27.5 cm³/mol. The third-order valence-corrected chi connectivity index (χ3v) is 1.39. The van der Waals surface area contributed by atoms with Crippen molar-refractivity contribution in [2.75, 3.05) is 0 Å². The average molecular weight is 128 g/mol. The van der Waals surface area contributed by atoms with Crippen molar-refractivity contribution in [3.8, 4) is 0 Å². The highest BCUT2D eigenvalue weighted by Gasteiger charge is 1.95. The van der Waals surface area contributed by atoms with Crippen molar-refractivity contribution in [3.05, 3.63) is 18.6 Å². The molecule has 0 radical (unpaired) electrons. The molecule has 1 aromatic heterocycles. The third-order valence-electron chi connectivity index (χ3n) is 0.674. The van der Waals surface area contributed by atoms with E-state index in [0.717, 1.165) is 0 Å². The fourth-order valence-corrected chi connectivity index (χ4v) is 0.925. The van der Waals surface area contributed by atoms with Gasteiger partial charge in [0, 0.05) is 0 Å². The summed E-state index contributed by atoms with van der Waals surface area (Å²) >= 11 is 0. The normalized spacial score (nSPS) is 9.00. The van der Waals surface area contributed by atoms with Crippen molar-refractivity contribution in [2.45, 2.75) is 0 Å². The molecular weight excluding hydrogens is 124 g/mol. The predicted octanol–water partition coefficient (Wildman–Crippen LogP) is 1.02. The Morgan fingerprint density at radius 2 is 2.62 bits per heavy atom. The van der Waals surface area contributed by atoms with Gasteiger partial charge in [0.1, 0.15) is 12.0 Å².